The van der Waals surface area contributed by atoms with Gasteiger partial charge in [0, 0.05) is 9.13 Å². The molecule has 17 heavy (non-hydrogen) atoms. The van der Waals surface area contributed by atoms with E-state index < -0.39 is 0 Å². The van der Waals surface area contributed by atoms with E-state index in [0.29, 0.717) is 17.9 Å². The van der Waals surface area contributed by atoms with Gasteiger partial charge in [-0.15, -0.1) is 11.8 Å². The fourth-order valence-corrected chi connectivity index (χ4v) is 2.21. The molecule has 1 rings (SSSR count). The molecule has 0 aromatic heterocycles. The maximum atomic E-state index is 11.7. The minimum atomic E-state index is -0.270. The van der Waals surface area contributed by atoms with Crippen LogP contribution in [0.25, 0.3) is 0 Å². The van der Waals surface area contributed by atoms with Gasteiger partial charge < -0.3 is 4.74 Å². The molecule has 0 atom stereocenters. The van der Waals surface area contributed by atoms with Gasteiger partial charge in [-0.2, -0.15) is 0 Å². The Bertz CT molecular complexity index is 389. The predicted molar refractivity (Wildman–Crippen MR) is 77.4 cm³/mol. The van der Waals surface area contributed by atoms with Gasteiger partial charge in [-0.3, -0.25) is 9.59 Å². The van der Waals surface area contributed by atoms with Crippen LogP contribution in [0.5, 0.6) is 0 Å². The van der Waals surface area contributed by atoms with Gasteiger partial charge in [-0.25, -0.2) is 0 Å². The lowest BCUT2D eigenvalue weighted by Gasteiger charge is -2.02. The number of rotatable bonds is 6. The summed E-state index contributed by atoms with van der Waals surface area (Å²) in [6.07, 6.45) is 0. The van der Waals surface area contributed by atoms with Crippen molar-refractivity contribution in [1.29, 1.82) is 0 Å². The van der Waals surface area contributed by atoms with Crippen LogP contribution >= 0.6 is 34.4 Å². The second-order valence-electron chi connectivity index (χ2n) is 3.23. The number of carbonyl (C=O) groups excluding carboxylic acids is 2. The lowest BCUT2D eigenvalue weighted by molar-refractivity contribution is -0.139. The zero-order chi connectivity index (χ0) is 12.7. The first-order valence-electron chi connectivity index (χ1n) is 5.15. The van der Waals surface area contributed by atoms with Crippen LogP contribution in [-0.4, -0.2) is 29.9 Å². The van der Waals surface area contributed by atoms with Crippen LogP contribution in [0.1, 0.15) is 17.3 Å². The molecule has 0 saturated heterocycles. The van der Waals surface area contributed by atoms with Gasteiger partial charge in [0.2, 0.25) is 0 Å². The molecule has 0 aliphatic heterocycles. The number of ether oxygens (including phenoxy) is 1. The molecule has 92 valence electrons. The monoisotopic (exact) mass is 364 g/mol. The first-order chi connectivity index (χ1) is 8.13. The Balaban J connectivity index is 2.35. The van der Waals surface area contributed by atoms with Crippen molar-refractivity contribution in [2.45, 2.75) is 6.92 Å². The van der Waals surface area contributed by atoms with Crippen molar-refractivity contribution in [3.63, 3.8) is 0 Å². The normalized spacial score (nSPS) is 10.0. The number of halogens is 1. The van der Waals surface area contributed by atoms with E-state index in [1.54, 1.807) is 19.1 Å². The number of esters is 1. The van der Waals surface area contributed by atoms with Crippen molar-refractivity contribution < 1.29 is 14.3 Å². The van der Waals surface area contributed by atoms with Gasteiger partial charge in [0.15, 0.2) is 5.78 Å². The molecule has 0 fully saturated rings. The topological polar surface area (TPSA) is 43.4 Å². The molecule has 0 N–H and O–H groups in total. The average Bonchev–Trinajstić information content (AvgIpc) is 2.30. The standard InChI is InChI=1S/C12H13IO3S/c1-2-16-12(15)8-17-7-11(14)9-3-5-10(13)6-4-9/h3-6H,2,7-8H2,1H3. The molecule has 1 aromatic carbocycles. The summed E-state index contributed by atoms with van der Waals surface area (Å²) in [6.45, 7) is 2.14. The third-order valence-electron chi connectivity index (χ3n) is 1.92. The number of ketones is 1. The van der Waals surface area contributed by atoms with E-state index in [0.717, 1.165) is 3.57 Å². The van der Waals surface area contributed by atoms with Gasteiger partial charge in [0.25, 0.3) is 0 Å². The fraction of sp³-hybridized carbons (Fsp3) is 0.333. The van der Waals surface area contributed by atoms with E-state index in [-0.39, 0.29) is 17.5 Å². The number of carbonyl (C=O) groups is 2. The number of hydrogen-bond acceptors (Lipinski definition) is 4. The Morgan fingerprint density at radius 1 is 1.24 bits per heavy atom. The van der Waals surface area contributed by atoms with Crippen LogP contribution < -0.4 is 0 Å². The largest absolute Gasteiger partial charge is 0.465 e. The van der Waals surface area contributed by atoms with Crippen LogP contribution in [0.2, 0.25) is 0 Å². The van der Waals surface area contributed by atoms with Gasteiger partial charge >= 0.3 is 5.97 Å². The Labute approximate surface area is 118 Å². The molecular weight excluding hydrogens is 351 g/mol. The van der Waals surface area contributed by atoms with E-state index in [4.69, 9.17) is 4.74 Å². The second kappa shape index (κ2) is 7.71. The van der Waals surface area contributed by atoms with Gasteiger partial charge in [-0.05, 0) is 41.6 Å². The smallest absolute Gasteiger partial charge is 0.315 e. The maximum Gasteiger partial charge on any atom is 0.315 e. The maximum absolute atomic E-state index is 11.7. The van der Waals surface area contributed by atoms with Crippen LogP contribution in [0.4, 0.5) is 0 Å². The summed E-state index contributed by atoms with van der Waals surface area (Å²) in [4.78, 5) is 22.8. The number of Topliss-reactive ketones (excluding diaryl/α,β-unsaturated/α-hetero) is 1. The zero-order valence-corrected chi connectivity index (χ0v) is 12.4. The van der Waals surface area contributed by atoms with Gasteiger partial charge in [0.05, 0.1) is 18.1 Å². The highest BCUT2D eigenvalue weighted by Gasteiger charge is 2.08. The van der Waals surface area contributed by atoms with Crippen molar-refractivity contribution in [2.75, 3.05) is 18.1 Å². The van der Waals surface area contributed by atoms with E-state index in [1.165, 1.54) is 11.8 Å². The van der Waals surface area contributed by atoms with Crippen LogP contribution in [0.15, 0.2) is 24.3 Å². The molecule has 0 radical (unpaired) electrons. The van der Waals surface area contributed by atoms with Crippen LogP contribution in [-0.2, 0) is 9.53 Å². The summed E-state index contributed by atoms with van der Waals surface area (Å²) in [7, 11) is 0. The zero-order valence-electron chi connectivity index (χ0n) is 9.44. The summed E-state index contributed by atoms with van der Waals surface area (Å²) < 4.78 is 5.87. The third-order valence-corrected chi connectivity index (χ3v) is 3.55. The molecule has 0 saturated carbocycles. The predicted octanol–water partition coefficient (Wildman–Crippen LogP) is 2.77. The van der Waals surface area contributed by atoms with Crippen LogP contribution in [0.3, 0.4) is 0 Å². The molecule has 0 aliphatic rings. The summed E-state index contributed by atoms with van der Waals surface area (Å²) in [5.74, 6) is 0.298. The number of hydrogen-bond donors (Lipinski definition) is 0. The summed E-state index contributed by atoms with van der Waals surface area (Å²) >= 11 is 3.47. The van der Waals surface area contributed by atoms with Crippen molar-refractivity contribution in [2.24, 2.45) is 0 Å². The lowest BCUT2D eigenvalue weighted by Crippen LogP contribution is -2.10. The van der Waals surface area contributed by atoms with E-state index in [1.807, 2.05) is 12.1 Å². The van der Waals surface area contributed by atoms with E-state index >= 15 is 0 Å². The number of benzene rings is 1. The van der Waals surface area contributed by atoms with Crippen molar-refractivity contribution >= 4 is 46.1 Å². The Kier molecular flexibility index (Phi) is 6.57. The highest BCUT2D eigenvalue weighted by atomic mass is 127. The molecule has 5 heteroatoms. The molecule has 0 spiro atoms. The third kappa shape index (κ3) is 5.54. The highest BCUT2D eigenvalue weighted by molar-refractivity contribution is 14.1. The summed E-state index contributed by atoms with van der Waals surface area (Å²) in [5, 5.41) is 0. The van der Waals surface area contributed by atoms with Crippen molar-refractivity contribution in [3.05, 3.63) is 33.4 Å². The van der Waals surface area contributed by atoms with Gasteiger partial charge in [-0.1, -0.05) is 12.1 Å². The minimum Gasteiger partial charge on any atom is -0.465 e. The molecule has 3 nitrogen and oxygen atoms in total. The van der Waals surface area contributed by atoms with E-state index in [9.17, 15) is 9.59 Å². The Morgan fingerprint density at radius 3 is 2.47 bits per heavy atom. The second-order valence-corrected chi connectivity index (χ2v) is 5.46. The summed E-state index contributed by atoms with van der Waals surface area (Å²) in [6, 6.07) is 7.39. The molecule has 0 aliphatic carbocycles. The summed E-state index contributed by atoms with van der Waals surface area (Å²) in [5.41, 5.74) is 0.682. The lowest BCUT2D eigenvalue weighted by atomic mass is 10.2. The average molecular weight is 364 g/mol. The quantitative estimate of drug-likeness (QED) is 0.442. The SMILES string of the molecule is CCOC(=O)CSCC(=O)c1ccc(I)cc1. The Hall–Kier alpha value is -0.560. The van der Waals surface area contributed by atoms with Crippen molar-refractivity contribution in [3.8, 4) is 0 Å². The molecule has 0 heterocycles. The first-order valence-corrected chi connectivity index (χ1v) is 7.39. The Morgan fingerprint density at radius 2 is 1.88 bits per heavy atom. The van der Waals surface area contributed by atoms with E-state index in [2.05, 4.69) is 22.6 Å². The van der Waals surface area contributed by atoms with Crippen LogP contribution in [0, 0.1) is 3.57 Å². The number of thioether (sulfide) groups is 1. The molecule has 0 unspecified atom stereocenters. The minimum absolute atomic E-state index is 0.0377. The molecule has 1 aromatic rings. The molecular formula is C12H13IO3S. The van der Waals surface area contributed by atoms with Gasteiger partial charge in [0.1, 0.15) is 0 Å². The van der Waals surface area contributed by atoms with Crippen molar-refractivity contribution in [1.82, 2.24) is 0 Å². The highest BCUT2D eigenvalue weighted by Crippen LogP contribution is 2.10. The fourth-order valence-electron chi connectivity index (χ4n) is 1.15. The first kappa shape index (κ1) is 14.5. The molecule has 0 bridgehead atoms. The molecule has 0 amide bonds.